The molecule has 1 aromatic heterocycles. The fourth-order valence-corrected chi connectivity index (χ4v) is 4.94. The van der Waals surface area contributed by atoms with Crippen LogP contribution in [0.15, 0.2) is 78.9 Å². The van der Waals surface area contributed by atoms with E-state index in [2.05, 4.69) is 20.4 Å². The Kier molecular flexibility index (Phi) is 17.3. The molecule has 0 atom stereocenters. The maximum absolute atomic E-state index is 12.7. The first-order valence-electron chi connectivity index (χ1n) is 15.9. The minimum absolute atomic E-state index is 0.149. The summed E-state index contributed by atoms with van der Waals surface area (Å²) in [5.41, 5.74) is 2.79. The van der Waals surface area contributed by atoms with E-state index in [4.69, 9.17) is 25.4 Å². The smallest absolute Gasteiger partial charge is 0.328 e. The van der Waals surface area contributed by atoms with Gasteiger partial charge in [-0.3, -0.25) is 19.4 Å². The molecule has 2 aromatic carbocycles. The number of hydrogen-bond donors (Lipinski definition) is 4. The van der Waals surface area contributed by atoms with Gasteiger partial charge in [-0.15, -0.1) is 0 Å². The van der Waals surface area contributed by atoms with E-state index in [-0.39, 0.29) is 11.7 Å². The SMILES string of the molecule is CCN(CC)C(=O)CN1CCN(Cc2nc3ccccc3n2CCC(=O)c2ccccc2)CC1.O=C(O)/C=C\C(=O)O.O=C(O)/C=C\C(=O)O. The van der Waals surface area contributed by atoms with Crippen LogP contribution >= 0.6 is 0 Å². The van der Waals surface area contributed by atoms with Crippen LogP contribution in [-0.4, -0.2) is 126 Å². The Morgan fingerprint density at radius 3 is 1.68 bits per heavy atom. The highest BCUT2D eigenvalue weighted by Gasteiger charge is 2.23. The molecular formula is C35H43N5O10. The molecule has 1 fully saturated rings. The quantitative estimate of drug-likeness (QED) is 0.142. The highest BCUT2D eigenvalue weighted by molar-refractivity contribution is 5.96. The van der Waals surface area contributed by atoms with Crippen molar-refractivity contribution in [1.82, 2.24) is 24.3 Å². The molecule has 15 nitrogen and oxygen atoms in total. The molecule has 4 N–H and O–H groups in total. The Morgan fingerprint density at radius 1 is 0.700 bits per heavy atom. The Hall–Kier alpha value is -5.67. The molecule has 268 valence electrons. The van der Waals surface area contributed by atoms with Crippen molar-refractivity contribution in [1.29, 1.82) is 0 Å². The highest BCUT2D eigenvalue weighted by Crippen LogP contribution is 2.19. The van der Waals surface area contributed by atoms with E-state index in [0.29, 0.717) is 43.8 Å². The molecule has 0 bridgehead atoms. The lowest BCUT2D eigenvalue weighted by molar-refractivity contribution is -0.134. The lowest BCUT2D eigenvalue weighted by Crippen LogP contribution is -2.49. The van der Waals surface area contributed by atoms with E-state index < -0.39 is 23.9 Å². The number of carbonyl (C=O) groups excluding carboxylic acids is 2. The van der Waals surface area contributed by atoms with Crippen molar-refractivity contribution in [2.45, 2.75) is 33.4 Å². The summed E-state index contributed by atoms with van der Waals surface area (Å²) in [4.78, 5) is 74.8. The van der Waals surface area contributed by atoms with Crippen LogP contribution in [0, 0.1) is 0 Å². The summed E-state index contributed by atoms with van der Waals surface area (Å²) >= 11 is 0. The summed E-state index contributed by atoms with van der Waals surface area (Å²) < 4.78 is 2.20. The van der Waals surface area contributed by atoms with Gasteiger partial charge in [-0.05, 0) is 26.0 Å². The fourth-order valence-electron chi connectivity index (χ4n) is 4.94. The molecule has 1 amide bonds. The third-order valence-electron chi connectivity index (χ3n) is 7.43. The lowest BCUT2D eigenvalue weighted by atomic mass is 10.1. The fraction of sp³-hybridized carbons (Fsp3) is 0.343. The molecule has 1 saturated heterocycles. The molecule has 0 spiro atoms. The van der Waals surface area contributed by atoms with Gasteiger partial charge in [-0.2, -0.15) is 0 Å². The molecule has 0 unspecified atom stereocenters. The minimum atomic E-state index is -1.26. The van der Waals surface area contributed by atoms with Crippen molar-refractivity contribution in [3.8, 4) is 0 Å². The number of likely N-dealkylation sites (N-methyl/N-ethyl adjacent to an activating group) is 1. The standard InChI is InChI=1S/C27H35N5O2.2C4H4O4/c1-3-31(4-2)27(34)21-30-18-16-29(17-19-30)20-26-28-23-12-8-9-13-24(23)32(26)15-14-25(33)22-10-6-5-7-11-22;2*5-3(6)1-2-4(7)8/h5-13H,3-4,14-21H2,1-2H3;2*1-2H,(H,5,6)(H,7,8)/b;2*2-1-. The number of carboxylic acid groups (broad SMARTS) is 4. The van der Waals surface area contributed by atoms with Crippen LogP contribution in [0.2, 0.25) is 0 Å². The zero-order chi connectivity index (χ0) is 37.1. The third-order valence-corrected chi connectivity index (χ3v) is 7.43. The zero-order valence-corrected chi connectivity index (χ0v) is 28.1. The second-order valence-corrected chi connectivity index (χ2v) is 10.8. The summed E-state index contributed by atoms with van der Waals surface area (Å²) in [7, 11) is 0. The topological polar surface area (TPSA) is 211 Å². The monoisotopic (exact) mass is 693 g/mol. The molecule has 1 aliphatic heterocycles. The van der Waals surface area contributed by atoms with E-state index >= 15 is 0 Å². The average molecular weight is 694 g/mol. The normalized spacial score (nSPS) is 13.2. The van der Waals surface area contributed by atoms with E-state index in [9.17, 15) is 28.8 Å². The van der Waals surface area contributed by atoms with Crippen LogP contribution < -0.4 is 0 Å². The van der Waals surface area contributed by atoms with E-state index in [1.54, 1.807) is 0 Å². The van der Waals surface area contributed by atoms with Crippen LogP contribution in [0.1, 0.15) is 36.5 Å². The first-order chi connectivity index (χ1) is 23.8. The number of carboxylic acids is 4. The van der Waals surface area contributed by atoms with E-state index in [0.717, 1.165) is 68.2 Å². The summed E-state index contributed by atoms with van der Waals surface area (Å²) in [5, 5.41) is 31.2. The predicted molar refractivity (Wildman–Crippen MR) is 184 cm³/mol. The number of benzene rings is 2. The van der Waals surface area contributed by atoms with Crippen molar-refractivity contribution >= 4 is 46.6 Å². The molecule has 3 aromatic rings. The molecular weight excluding hydrogens is 650 g/mol. The lowest BCUT2D eigenvalue weighted by Gasteiger charge is -2.35. The van der Waals surface area contributed by atoms with Gasteiger partial charge in [0.15, 0.2) is 5.78 Å². The predicted octanol–water partition coefficient (Wildman–Crippen LogP) is 2.72. The number of amides is 1. The number of aliphatic carboxylic acids is 4. The molecule has 2 heterocycles. The van der Waals surface area contributed by atoms with Crippen molar-refractivity contribution in [2.24, 2.45) is 0 Å². The van der Waals surface area contributed by atoms with Crippen molar-refractivity contribution in [2.75, 3.05) is 45.8 Å². The summed E-state index contributed by atoms with van der Waals surface area (Å²) in [5.74, 6) is -3.67. The molecule has 0 radical (unpaired) electrons. The minimum Gasteiger partial charge on any atom is -0.478 e. The molecule has 15 heteroatoms. The van der Waals surface area contributed by atoms with Gasteiger partial charge < -0.3 is 29.9 Å². The number of piperazine rings is 1. The number of fused-ring (bicyclic) bond motifs is 1. The number of aromatic nitrogens is 2. The van der Waals surface area contributed by atoms with Crippen LogP contribution in [0.3, 0.4) is 0 Å². The Balaban J connectivity index is 0.000000450. The van der Waals surface area contributed by atoms with Crippen LogP contribution in [0.4, 0.5) is 0 Å². The number of hydrogen-bond acceptors (Lipinski definition) is 9. The van der Waals surface area contributed by atoms with Crippen LogP contribution in [0.25, 0.3) is 11.0 Å². The number of nitrogens with zero attached hydrogens (tertiary/aromatic N) is 5. The number of para-hydroxylation sites is 2. The van der Waals surface area contributed by atoms with Crippen molar-refractivity contribution in [3.63, 3.8) is 0 Å². The first kappa shape index (κ1) is 40.5. The van der Waals surface area contributed by atoms with Gasteiger partial charge in [0.25, 0.3) is 0 Å². The Morgan fingerprint density at radius 2 is 1.18 bits per heavy atom. The van der Waals surface area contributed by atoms with Crippen LogP contribution in [0.5, 0.6) is 0 Å². The molecule has 4 rings (SSSR count). The van der Waals surface area contributed by atoms with Crippen molar-refractivity contribution in [3.05, 3.63) is 90.3 Å². The van der Waals surface area contributed by atoms with E-state index in [1.165, 1.54) is 0 Å². The van der Waals surface area contributed by atoms with E-state index in [1.807, 2.05) is 67.3 Å². The number of Topliss-reactive ketones (excluding diaryl/α,β-unsaturated/α-hetero) is 1. The van der Waals surface area contributed by atoms with Gasteiger partial charge in [0.05, 0.1) is 24.1 Å². The summed E-state index contributed by atoms with van der Waals surface area (Å²) in [6, 6.07) is 17.6. The largest absolute Gasteiger partial charge is 0.478 e. The Bertz CT molecular complexity index is 1590. The van der Waals surface area contributed by atoms with Crippen LogP contribution in [-0.2, 0) is 37.1 Å². The number of rotatable bonds is 14. The molecule has 0 saturated carbocycles. The molecule has 50 heavy (non-hydrogen) atoms. The summed E-state index contributed by atoms with van der Waals surface area (Å²) in [6.45, 7) is 11.0. The summed E-state index contributed by atoms with van der Waals surface area (Å²) in [6.07, 6.45) is 2.67. The number of carbonyl (C=O) groups is 6. The maximum Gasteiger partial charge on any atom is 0.328 e. The van der Waals surface area contributed by atoms with Gasteiger partial charge in [0.2, 0.25) is 5.91 Å². The third kappa shape index (κ3) is 14.6. The molecule has 0 aliphatic carbocycles. The van der Waals surface area contributed by atoms with Gasteiger partial charge >= 0.3 is 23.9 Å². The number of imidazole rings is 1. The van der Waals surface area contributed by atoms with Gasteiger partial charge in [-0.1, -0.05) is 42.5 Å². The molecule has 1 aliphatic rings. The van der Waals surface area contributed by atoms with Gasteiger partial charge in [0, 0.05) is 82.1 Å². The van der Waals surface area contributed by atoms with Crippen molar-refractivity contribution < 1.29 is 49.2 Å². The second-order valence-electron chi connectivity index (χ2n) is 10.8. The first-order valence-corrected chi connectivity index (χ1v) is 15.9. The van der Waals surface area contributed by atoms with Gasteiger partial charge in [0.1, 0.15) is 5.82 Å². The second kappa shape index (κ2) is 21.3. The Labute approximate surface area is 289 Å². The number of ketones is 1. The zero-order valence-electron chi connectivity index (χ0n) is 28.1. The maximum atomic E-state index is 12.7. The average Bonchev–Trinajstić information content (AvgIpc) is 3.44. The van der Waals surface area contributed by atoms with Gasteiger partial charge in [-0.25, -0.2) is 24.2 Å². The highest BCUT2D eigenvalue weighted by atomic mass is 16.4. The number of aryl methyl sites for hydroxylation is 1.